The number of carbonyl (C=O) groups excluding carboxylic acids is 1. The molecule has 118 valence electrons. The van der Waals surface area contributed by atoms with Gasteiger partial charge in [0.15, 0.2) is 11.5 Å². The van der Waals surface area contributed by atoms with Crippen LogP contribution in [0.5, 0.6) is 11.5 Å². The van der Waals surface area contributed by atoms with E-state index in [-0.39, 0.29) is 5.91 Å². The molecule has 1 amide bonds. The van der Waals surface area contributed by atoms with Gasteiger partial charge in [0, 0.05) is 11.9 Å². The molecular formula is C16H18BrNO3S. The molecule has 0 fully saturated rings. The van der Waals surface area contributed by atoms with Crippen LogP contribution in [-0.4, -0.2) is 32.1 Å². The molecule has 4 nitrogen and oxygen atoms in total. The van der Waals surface area contributed by atoms with E-state index in [1.165, 1.54) is 0 Å². The molecule has 0 N–H and O–H groups in total. The van der Waals surface area contributed by atoms with E-state index in [1.807, 2.05) is 37.4 Å². The number of benzene rings is 1. The van der Waals surface area contributed by atoms with Crippen molar-refractivity contribution in [3.63, 3.8) is 0 Å². The lowest BCUT2D eigenvalue weighted by Crippen LogP contribution is -2.27. The lowest BCUT2D eigenvalue weighted by Gasteiger charge is -2.17. The van der Waals surface area contributed by atoms with Crippen LogP contribution in [0.1, 0.15) is 10.4 Å². The maximum Gasteiger partial charge on any atom is 0.227 e. The monoisotopic (exact) mass is 383 g/mol. The van der Waals surface area contributed by atoms with Crippen LogP contribution < -0.4 is 9.47 Å². The van der Waals surface area contributed by atoms with E-state index in [4.69, 9.17) is 9.47 Å². The number of ether oxygens (including phenoxy) is 2. The van der Waals surface area contributed by atoms with Crippen LogP contribution >= 0.6 is 27.3 Å². The topological polar surface area (TPSA) is 38.8 Å². The number of methoxy groups -OCH3 is 2. The fourth-order valence-electron chi connectivity index (χ4n) is 2.06. The second-order valence-electron chi connectivity index (χ2n) is 4.82. The molecule has 0 spiro atoms. The minimum atomic E-state index is 0.0664. The lowest BCUT2D eigenvalue weighted by molar-refractivity contribution is -0.129. The maximum atomic E-state index is 12.3. The number of carbonyl (C=O) groups is 1. The second-order valence-corrected chi connectivity index (χ2v) is 7.37. The van der Waals surface area contributed by atoms with Crippen molar-refractivity contribution in [1.29, 1.82) is 0 Å². The number of amides is 1. The van der Waals surface area contributed by atoms with Crippen LogP contribution in [0.15, 0.2) is 34.1 Å². The Labute approximate surface area is 142 Å². The summed E-state index contributed by atoms with van der Waals surface area (Å²) in [7, 11) is 5.00. The average molecular weight is 384 g/mol. The van der Waals surface area contributed by atoms with Crippen LogP contribution in [0, 0.1) is 0 Å². The molecule has 1 aromatic carbocycles. The molecule has 1 aromatic heterocycles. The first kappa shape index (κ1) is 16.8. The Hall–Kier alpha value is -1.53. The van der Waals surface area contributed by atoms with Crippen molar-refractivity contribution >= 4 is 33.2 Å². The molecule has 0 unspecified atom stereocenters. The van der Waals surface area contributed by atoms with Gasteiger partial charge in [0.2, 0.25) is 5.91 Å². The zero-order valence-electron chi connectivity index (χ0n) is 12.8. The van der Waals surface area contributed by atoms with E-state index in [0.717, 1.165) is 14.2 Å². The fraction of sp³-hybridized carbons (Fsp3) is 0.312. The quantitative estimate of drug-likeness (QED) is 0.762. The summed E-state index contributed by atoms with van der Waals surface area (Å²) in [6.45, 7) is 0.613. The zero-order chi connectivity index (χ0) is 16.1. The molecular weight excluding hydrogens is 366 g/mol. The Bertz CT molecular complexity index is 657. The third-order valence-electron chi connectivity index (χ3n) is 3.25. The summed E-state index contributed by atoms with van der Waals surface area (Å²) in [4.78, 5) is 15.2. The van der Waals surface area contributed by atoms with Crippen molar-refractivity contribution in [2.45, 2.75) is 13.0 Å². The lowest BCUT2D eigenvalue weighted by atomic mass is 10.1. The molecule has 0 saturated carbocycles. The third-order valence-corrected chi connectivity index (χ3v) is 4.86. The van der Waals surface area contributed by atoms with Gasteiger partial charge in [0.05, 0.1) is 31.0 Å². The number of thiophene rings is 1. The molecule has 0 aliphatic heterocycles. The number of likely N-dealkylation sites (N-methyl/N-ethyl adjacent to an activating group) is 1. The predicted octanol–water partition coefficient (Wildman–Crippen LogP) is 3.73. The van der Waals surface area contributed by atoms with E-state index >= 15 is 0 Å². The molecule has 0 aliphatic rings. The highest BCUT2D eigenvalue weighted by Gasteiger charge is 2.13. The molecule has 0 radical (unpaired) electrons. The molecule has 22 heavy (non-hydrogen) atoms. The number of hydrogen-bond acceptors (Lipinski definition) is 4. The second kappa shape index (κ2) is 7.65. The van der Waals surface area contributed by atoms with Gasteiger partial charge >= 0.3 is 0 Å². The van der Waals surface area contributed by atoms with Crippen LogP contribution in [0.3, 0.4) is 0 Å². The summed E-state index contributed by atoms with van der Waals surface area (Å²) < 4.78 is 11.5. The molecule has 0 saturated heterocycles. The first-order chi connectivity index (χ1) is 10.5. The molecule has 2 rings (SSSR count). The first-order valence-electron chi connectivity index (χ1n) is 6.72. The summed E-state index contributed by atoms with van der Waals surface area (Å²) in [6.07, 6.45) is 0.337. The number of halogens is 1. The summed E-state index contributed by atoms with van der Waals surface area (Å²) in [5.41, 5.74) is 0.905. The van der Waals surface area contributed by atoms with Crippen molar-refractivity contribution in [2.75, 3.05) is 21.3 Å². The van der Waals surface area contributed by atoms with Crippen LogP contribution in [0.25, 0.3) is 0 Å². The highest BCUT2D eigenvalue weighted by Crippen LogP contribution is 2.28. The largest absolute Gasteiger partial charge is 0.493 e. The van der Waals surface area contributed by atoms with Gasteiger partial charge in [-0.15, -0.1) is 11.3 Å². The third kappa shape index (κ3) is 4.24. The van der Waals surface area contributed by atoms with Gasteiger partial charge in [-0.05, 0) is 45.8 Å². The van der Waals surface area contributed by atoms with Gasteiger partial charge in [-0.25, -0.2) is 0 Å². The molecule has 0 bridgehead atoms. The maximum absolute atomic E-state index is 12.3. The van der Waals surface area contributed by atoms with Crippen molar-refractivity contribution < 1.29 is 14.3 Å². The SMILES string of the molecule is COc1ccc(CC(=O)N(C)Cc2ccc(Br)s2)cc1OC. The fourth-order valence-corrected chi connectivity index (χ4v) is 3.60. The van der Waals surface area contributed by atoms with E-state index in [1.54, 1.807) is 30.5 Å². The van der Waals surface area contributed by atoms with Gasteiger partial charge in [-0.3, -0.25) is 4.79 Å². The minimum absolute atomic E-state index is 0.0664. The Kier molecular flexibility index (Phi) is 5.85. The highest BCUT2D eigenvalue weighted by atomic mass is 79.9. The van der Waals surface area contributed by atoms with Gasteiger partial charge in [-0.2, -0.15) is 0 Å². The number of nitrogens with zero attached hydrogens (tertiary/aromatic N) is 1. The zero-order valence-corrected chi connectivity index (χ0v) is 15.2. The predicted molar refractivity (Wildman–Crippen MR) is 91.7 cm³/mol. The Morgan fingerprint density at radius 1 is 1.18 bits per heavy atom. The molecule has 0 aliphatic carbocycles. The summed E-state index contributed by atoms with van der Waals surface area (Å²) >= 11 is 5.07. The van der Waals surface area contributed by atoms with Crippen molar-refractivity contribution in [2.24, 2.45) is 0 Å². The van der Waals surface area contributed by atoms with Crippen LogP contribution in [0.4, 0.5) is 0 Å². The summed E-state index contributed by atoms with van der Waals surface area (Å²) in [5, 5.41) is 0. The van der Waals surface area contributed by atoms with Gasteiger partial charge in [0.25, 0.3) is 0 Å². The van der Waals surface area contributed by atoms with E-state index in [0.29, 0.717) is 24.5 Å². The summed E-state index contributed by atoms with van der Waals surface area (Å²) in [6, 6.07) is 9.56. The van der Waals surface area contributed by atoms with E-state index in [9.17, 15) is 4.79 Å². The van der Waals surface area contributed by atoms with Crippen molar-refractivity contribution in [1.82, 2.24) is 4.90 Å². The highest BCUT2D eigenvalue weighted by molar-refractivity contribution is 9.11. The number of rotatable bonds is 6. The average Bonchev–Trinajstić information content (AvgIpc) is 2.92. The van der Waals surface area contributed by atoms with Crippen molar-refractivity contribution in [3.05, 3.63) is 44.6 Å². The Balaban J connectivity index is 2.01. The standard InChI is InChI=1S/C16H18BrNO3S/c1-18(10-12-5-7-15(17)22-12)16(19)9-11-4-6-13(20-2)14(8-11)21-3/h4-8H,9-10H2,1-3H3. The van der Waals surface area contributed by atoms with Gasteiger partial charge in [0.1, 0.15) is 0 Å². The van der Waals surface area contributed by atoms with E-state index in [2.05, 4.69) is 15.9 Å². The molecule has 2 aromatic rings. The number of hydrogen-bond donors (Lipinski definition) is 0. The van der Waals surface area contributed by atoms with Gasteiger partial charge in [-0.1, -0.05) is 6.07 Å². The van der Waals surface area contributed by atoms with Crippen LogP contribution in [0.2, 0.25) is 0 Å². The van der Waals surface area contributed by atoms with Crippen LogP contribution in [-0.2, 0) is 17.8 Å². The minimum Gasteiger partial charge on any atom is -0.493 e. The smallest absolute Gasteiger partial charge is 0.227 e. The Morgan fingerprint density at radius 3 is 2.50 bits per heavy atom. The van der Waals surface area contributed by atoms with Gasteiger partial charge < -0.3 is 14.4 Å². The molecule has 1 heterocycles. The summed E-state index contributed by atoms with van der Waals surface area (Å²) in [5.74, 6) is 1.37. The van der Waals surface area contributed by atoms with E-state index < -0.39 is 0 Å². The molecule has 0 atom stereocenters. The van der Waals surface area contributed by atoms with Crippen molar-refractivity contribution in [3.8, 4) is 11.5 Å². The Morgan fingerprint density at radius 2 is 1.91 bits per heavy atom. The normalized spacial score (nSPS) is 10.4. The molecule has 6 heteroatoms. The first-order valence-corrected chi connectivity index (χ1v) is 8.33.